The molecule has 0 aliphatic heterocycles. The van der Waals surface area contributed by atoms with E-state index in [1.165, 1.54) is 13.3 Å². The molecule has 8 nitrogen and oxygen atoms in total. The monoisotopic (exact) mass is 550 g/mol. The van der Waals surface area contributed by atoms with Crippen molar-refractivity contribution >= 4 is 33.7 Å². The maximum Gasteiger partial charge on any atom is 0.247 e. The molecule has 0 aromatic carbocycles. The van der Waals surface area contributed by atoms with Crippen LogP contribution in [-0.2, 0) is 31.4 Å². The average Bonchev–Trinajstić information content (AvgIpc) is 2.82. The lowest BCUT2D eigenvalue weighted by molar-refractivity contribution is 0.276. The van der Waals surface area contributed by atoms with Gasteiger partial charge in [-0.15, -0.1) is 12.0 Å². The van der Waals surface area contributed by atoms with Crippen LogP contribution in [0.15, 0.2) is 24.3 Å². The van der Waals surface area contributed by atoms with E-state index >= 15 is 0 Å². The number of rotatable bonds is 8. The molecule has 0 saturated heterocycles. The molecule has 36 heavy (non-hydrogen) atoms. The summed E-state index contributed by atoms with van der Waals surface area (Å²) in [5.74, 6) is 5.53. The van der Waals surface area contributed by atoms with Crippen LogP contribution in [0.25, 0.3) is 0 Å². The van der Waals surface area contributed by atoms with E-state index in [9.17, 15) is 14.2 Å². The molecule has 0 aliphatic carbocycles. The Hall–Kier alpha value is -2.06. The molecule has 0 amide bonds. The van der Waals surface area contributed by atoms with Gasteiger partial charge in [-0.1, -0.05) is 31.5 Å². The Morgan fingerprint density at radius 2 is 1.28 bits per heavy atom. The molecule has 2 rings (SSSR count). The minimum Gasteiger partial charge on any atom is -0.390 e. The molecule has 0 spiro atoms. The van der Waals surface area contributed by atoms with E-state index < -0.39 is 22.8 Å². The van der Waals surface area contributed by atoms with Crippen molar-refractivity contribution in [1.29, 1.82) is 0 Å². The van der Waals surface area contributed by atoms with Gasteiger partial charge in [0, 0.05) is 24.5 Å². The summed E-state index contributed by atoms with van der Waals surface area (Å²) >= 11 is 0. The van der Waals surface area contributed by atoms with Crippen LogP contribution in [0.4, 0.5) is 0 Å². The summed E-state index contributed by atoms with van der Waals surface area (Å²) in [6.07, 6.45) is 5.27. The molecule has 2 aromatic rings. The second-order valence-electron chi connectivity index (χ2n) is 8.90. The number of terminal acetylenes is 1. The van der Waals surface area contributed by atoms with Crippen molar-refractivity contribution in [3.05, 3.63) is 46.8 Å². The summed E-state index contributed by atoms with van der Waals surface area (Å²) < 4.78 is 35.0. The third kappa shape index (κ3) is 10.5. The van der Waals surface area contributed by atoms with Gasteiger partial charge < -0.3 is 19.3 Å². The minimum atomic E-state index is -2.95. The molecule has 196 valence electrons. The first-order chi connectivity index (χ1) is 16.7. The molecule has 2 heterocycles. The zero-order valence-electron chi connectivity index (χ0n) is 22.0. The Bertz CT molecular complexity index is 1240. The van der Waals surface area contributed by atoms with Crippen LogP contribution in [0.1, 0.15) is 36.4 Å². The van der Waals surface area contributed by atoms with Gasteiger partial charge in [0.15, 0.2) is 0 Å². The molecule has 11 heteroatoms. The van der Waals surface area contributed by atoms with E-state index in [-0.39, 0.29) is 13.2 Å². The first-order valence-corrected chi connectivity index (χ1v) is 19.0. The van der Waals surface area contributed by atoms with E-state index in [2.05, 4.69) is 47.0 Å². The van der Waals surface area contributed by atoms with Crippen molar-refractivity contribution in [2.75, 3.05) is 26.5 Å². The molecule has 2 N–H and O–H groups in total. The van der Waals surface area contributed by atoms with Crippen LogP contribution in [0.2, 0.25) is 19.6 Å². The normalized spacial score (nSPS) is 14.2. The fourth-order valence-corrected chi connectivity index (χ4v) is 5.90. The number of nitrogens with zero attached hydrogens (tertiary/aromatic N) is 2. The second-order valence-corrected chi connectivity index (χ2v) is 18.5. The zero-order valence-corrected chi connectivity index (χ0v) is 24.8. The molecular weight excluding hydrogens is 514 g/mol. The number of hydrogen-bond acceptors (Lipinski definition) is 8. The first kappa shape index (κ1) is 32.0. The Balaban J connectivity index is 0.000000369. The van der Waals surface area contributed by atoms with Gasteiger partial charge >= 0.3 is 0 Å². The van der Waals surface area contributed by atoms with E-state index in [0.717, 1.165) is 5.56 Å². The summed E-state index contributed by atoms with van der Waals surface area (Å²) in [6, 6.07) is 6.55. The summed E-state index contributed by atoms with van der Waals surface area (Å²) in [5.41, 5.74) is 6.04. The molecule has 2 atom stereocenters. The maximum absolute atomic E-state index is 12.4. The van der Waals surface area contributed by atoms with Gasteiger partial charge in [-0.05, 0) is 38.1 Å². The summed E-state index contributed by atoms with van der Waals surface area (Å²) in [7, 11) is -7.39. The van der Waals surface area contributed by atoms with Gasteiger partial charge in [0.05, 0.1) is 37.8 Å². The molecule has 2 unspecified atom stereocenters. The maximum atomic E-state index is 12.4. The van der Waals surface area contributed by atoms with Gasteiger partial charge in [-0.3, -0.25) is 9.13 Å². The summed E-state index contributed by atoms with van der Waals surface area (Å²) in [6.45, 7) is 13.3. The fourth-order valence-electron chi connectivity index (χ4n) is 2.76. The lowest BCUT2D eigenvalue weighted by Crippen LogP contribution is -2.17. The van der Waals surface area contributed by atoms with Crippen molar-refractivity contribution in [1.82, 2.24) is 9.97 Å². The van der Waals surface area contributed by atoms with Crippen molar-refractivity contribution in [2.45, 2.75) is 46.7 Å². The predicted octanol–water partition coefficient (Wildman–Crippen LogP) is 3.50. The highest BCUT2D eigenvalue weighted by molar-refractivity contribution is 7.66. The van der Waals surface area contributed by atoms with Crippen LogP contribution in [0.5, 0.6) is 0 Å². The Labute approximate surface area is 215 Å². The van der Waals surface area contributed by atoms with E-state index in [1.54, 1.807) is 38.1 Å². The molecule has 2 aromatic heterocycles. The van der Waals surface area contributed by atoms with Crippen molar-refractivity contribution < 1.29 is 28.4 Å². The van der Waals surface area contributed by atoms with Gasteiger partial charge in [0.2, 0.25) is 14.7 Å². The number of hydrogen-bond donors (Lipinski definition) is 2. The summed E-state index contributed by atoms with van der Waals surface area (Å²) in [5, 5.41) is 18.3. The molecule has 0 fully saturated rings. The van der Waals surface area contributed by atoms with Crippen LogP contribution in [0, 0.1) is 23.8 Å². The third-order valence-corrected chi connectivity index (χ3v) is 8.89. The van der Waals surface area contributed by atoms with Crippen LogP contribution >= 0.6 is 14.7 Å². The van der Waals surface area contributed by atoms with E-state index in [1.807, 2.05) is 0 Å². The highest BCUT2D eigenvalue weighted by atomic mass is 31.2. The number of aliphatic hydroxyl groups is 2. The second kappa shape index (κ2) is 14.0. The molecule has 0 bridgehead atoms. The lowest BCUT2D eigenvalue weighted by Gasteiger charge is -2.13. The fraction of sp³-hybridized carbons (Fsp3) is 0.440. The smallest absolute Gasteiger partial charge is 0.247 e. The lowest BCUT2D eigenvalue weighted by atomic mass is 10.2. The SMILES string of the molecule is C#Cc1cc(CO)nc(P(C)(=O)OCC)c1.CCOP(C)(=O)c1cc(C#C[Si](C)(C)C)cc(CO)n1. The van der Waals surface area contributed by atoms with Gasteiger partial charge in [0.1, 0.15) is 18.9 Å². The first-order valence-electron chi connectivity index (χ1n) is 11.4. The molecular formula is C25H36N2O6P2Si. The van der Waals surface area contributed by atoms with Crippen LogP contribution < -0.4 is 10.9 Å². The predicted molar refractivity (Wildman–Crippen MR) is 148 cm³/mol. The Morgan fingerprint density at radius 3 is 1.64 bits per heavy atom. The molecule has 0 aliphatic rings. The number of aromatic nitrogens is 2. The Morgan fingerprint density at radius 1 is 0.861 bits per heavy atom. The average molecular weight is 551 g/mol. The highest BCUT2D eigenvalue weighted by Gasteiger charge is 2.22. The van der Waals surface area contributed by atoms with Crippen LogP contribution in [0.3, 0.4) is 0 Å². The quantitative estimate of drug-likeness (QED) is 0.291. The summed E-state index contributed by atoms with van der Waals surface area (Å²) in [4.78, 5) is 8.25. The minimum absolute atomic E-state index is 0.207. The number of pyridine rings is 2. The third-order valence-electron chi connectivity index (χ3n) is 4.39. The van der Waals surface area contributed by atoms with Crippen LogP contribution in [-0.4, -0.2) is 54.8 Å². The largest absolute Gasteiger partial charge is 0.390 e. The van der Waals surface area contributed by atoms with E-state index in [0.29, 0.717) is 41.0 Å². The number of aliphatic hydroxyl groups excluding tert-OH is 2. The standard InChI is InChI=1S/C14H22NO3PSi.C11H14NO3P/c1-6-18-19(2,17)14-10-12(7-8-20(3,4)5)9-13(11-16)15-14;1-4-9-6-10(8-13)12-11(7-9)16(3,14)15-5-2/h9-10,16H,6,11H2,1-5H3;1,6-7,13H,5,8H2,2-3H3. The molecule has 0 radical (unpaired) electrons. The topological polar surface area (TPSA) is 119 Å². The van der Waals surface area contributed by atoms with E-state index in [4.69, 9.17) is 20.6 Å². The highest BCUT2D eigenvalue weighted by Crippen LogP contribution is 2.41. The van der Waals surface area contributed by atoms with Gasteiger partial charge in [-0.25, -0.2) is 9.97 Å². The van der Waals surface area contributed by atoms with Gasteiger partial charge in [0.25, 0.3) is 0 Å². The van der Waals surface area contributed by atoms with Crippen molar-refractivity contribution in [2.24, 2.45) is 0 Å². The van der Waals surface area contributed by atoms with Gasteiger partial charge in [-0.2, -0.15) is 0 Å². The Kier molecular flexibility index (Phi) is 12.5. The van der Waals surface area contributed by atoms with Crippen molar-refractivity contribution in [3.63, 3.8) is 0 Å². The zero-order chi connectivity index (χ0) is 27.6. The van der Waals surface area contributed by atoms with Crippen molar-refractivity contribution in [3.8, 4) is 23.8 Å². The molecule has 0 saturated carbocycles.